The second kappa shape index (κ2) is 8.39. The van der Waals surface area contributed by atoms with Gasteiger partial charge in [0, 0.05) is 0 Å². The lowest BCUT2D eigenvalue weighted by Gasteiger charge is -2.49. The highest BCUT2D eigenvalue weighted by atomic mass is 32.2. The first kappa shape index (κ1) is 21.7. The third kappa shape index (κ3) is 4.93. The van der Waals surface area contributed by atoms with Crippen molar-refractivity contribution in [2.45, 2.75) is 49.6 Å². The zero-order valence-electron chi connectivity index (χ0n) is 16.7. The first-order valence-electron chi connectivity index (χ1n) is 9.31. The standard InChI is InChI=1S/C20H23N3O6S/c1-20(2,3)29-19(28)22-15-16(25)23-12(18(26)27)10-14(30-17(15)23)21-13(24)9-11-7-5-4-6-8-11/h4-8,10,14-15,17H,9H2,1-3H3,(H,21,24)(H,22,28)(H,26,27)/t14?,15?,17-/m1/s1. The minimum absolute atomic E-state index is 0.140. The average Bonchev–Trinajstić information content (AvgIpc) is 2.64. The summed E-state index contributed by atoms with van der Waals surface area (Å²) in [6.07, 6.45) is 0.701. The largest absolute Gasteiger partial charge is 0.477 e. The van der Waals surface area contributed by atoms with Crippen LogP contribution < -0.4 is 10.6 Å². The number of carbonyl (C=O) groups is 4. The highest BCUT2D eigenvalue weighted by Crippen LogP contribution is 2.40. The van der Waals surface area contributed by atoms with E-state index in [1.165, 1.54) is 17.8 Å². The molecule has 3 amide bonds. The fraction of sp³-hybridized carbons (Fsp3) is 0.400. The van der Waals surface area contributed by atoms with E-state index < -0.39 is 40.4 Å². The molecule has 0 bridgehead atoms. The molecule has 1 aromatic rings. The number of hydrogen-bond donors (Lipinski definition) is 3. The number of β-lactam (4-membered cyclic amide) rings is 1. The van der Waals surface area contributed by atoms with Crippen LogP contribution in [0.25, 0.3) is 0 Å². The van der Waals surface area contributed by atoms with Crippen LogP contribution in [0.4, 0.5) is 4.79 Å². The Morgan fingerprint density at radius 2 is 1.83 bits per heavy atom. The Morgan fingerprint density at radius 1 is 1.17 bits per heavy atom. The Balaban J connectivity index is 1.69. The minimum atomic E-state index is -1.29. The van der Waals surface area contributed by atoms with Gasteiger partial charge in [-0.25, -0.2) is 9.59 Å². The van der Waals surface area contributed by atoms with Gasteiger partial charge < -0.3 is 20.5 Å². The third-order valence-corrected chi connectivity index (χ3v) is 5.61. The van der Waals surface area contributed by atoms with Gasteiger partial charge in [-0.05, 0) is 32.4 Å². The molecule has 2 aliphatic rings. The molecule has 3 atom stereocenters. The number of thioether (sulfide) groups is 1. The van der Waals surface area contributed by atoms with Crippen LogP contribution in [0.3, 0.4) is 0 Å². The lowest BCUT2D eigenvalue weighted by molar-refractivity contribution is -0.149. The summed E-state index contributed by atoms with van der Waals surface area (Å²) < 4.78 is 5.17. The number of ether oxygens (including phenoxy) is 1. The molecule has 1 fully saturated rings. The molecule has 30 heavy (non-hydrogen) atoms. The van der Waals surface area contributed by atoms with Gasteiger partial charge in [0.05, 0.1) is 11.8 Å². The summed E-state index contributed by atoms with van der Waals surface area (Å²) in [6.45, 7) is 5.08. The van der Waals surface area contributed by atoms with Crippen LogP contribution >= 0.6 is 11.8 Å². The van der Waals surface area contributed by atoms with Gasteiger partial charge in [0.2, 0.25) is 5.91 Å². The molecule has 2 unspecified atom stereocenters. The van der Waals surface area contributed by atoms with Crippen LogP contribution in [0.1, 0.15) is 26.3 Å². The number of aliphatic carboxylic acids is 1. The maximum atomic E-state index is 12.4. The Morgan fingerprint density at radius 3 is 2.43 bits per heavy atom. The van der Waals surface area contributed by atoms with Crippen LogP contribution in [0.15, 0.2) is 42.1 Å². The number of hydrogen-bond acceptors (Lipinski definition) is 6. The molecule has 1 saturated heterocycles. The van der Waals surface area contributed by atoms with E-state index in [4.69, 9.17) is 4.74 Å². The number of alkyl carbamates (subject to hydrolysis) is 1. The highest BCUT2D eigenvalue weighted by Gasteiger charge is 2.54. The second-order valence-electron chi connectivity index (χ2n) is 7.87. The zero-order valence-corrected chi connectivity index (χ0v) is 17.6. The van der Waals surface area contributed by atoms with Gasteiger partial charge in [-0.1, -0.05) is 30.3 Å². The number of nitrogens with one attached hydrogen (secondary N) is 2. The molecule has 0 spiro atoms. The number of carboxylic acid groups (broad SMARTS) is 1. The summed E-state index contributed by atoms with van der Waals surface area (Å²) in [6, 6.07) is 8.19. The SMILES string of the molecule is CC(C)(C)OC(=O)NC1C(=O)N2C(C(=O)O)=CC(NC(=O)Cc3ccccc3)S[C@H]12. The van der Waals surface area contributed by atoms with E-state index >= 15 is 0 Å². The second-order valence-corrected chi connectivity index (χ2v) is 9.13. The van der Waals surface area contributed by atoms with Gasteiger partial charge >= 0.3 is 12.1 Å². The molecule has 9 nitrogen and oxygen atoms in total. The summed E-state index contributed by atoms with van der Waals surface area (Å²) in [7, 11) is 0. The minimum Gasteiger partial charge on any atom is -0.477 e. The number of carboxylic acids is 1. The van der Waals surface area contributed by atoms with E-state index in [-0.39, 0.29) is 18.0 Å². The third-order valence-electron chi connectivity index (χ3n) is 4.30. The summed E-state index contributed by atoms with van der Waals surface area (Å²) in [5, 5.41) is 13.4. The number of nitrogens with zero attached hydrogens (tertiary/aromatic N) is 1. The van der Waals surface area contributed by atoms with Crippen molar-refractivity contribution in [2.75, 3.05) is 0 Å². The molecule has 160 valence electrons. The monoisotopic (exact) mass is 433 g/mol. The summed E-state index contributed by atoms with van der Waals surface area (Å²) in [4.78, 5) is 49.6. The molecule has 2 aliphatic heterocycles. The van der Waals surface area contributed by atoms with E-state index in [0.29, 0.717) is 0 Å². The smallest absolute Gasteiger partial charge is 0.408 e. The molecule has 2 heterocycles. The van der Waals surface area contributed by atoms with Crippen LogP contribution in [0.2, 0.25) is 0 Å². The van der Waals surface area contributed by atoms with Gasteiger partial charge in [-0.2, -0.15) is 0 Å². The number of carbonyl (C=O) groups excluding carboxylic acids is 3. The van der Waals surface area contributed by atoms with Crippen LogP contribution in [0, 0.1) is 0 Å². The number of benzene rings is 1. The fourth-order valence-electron chi connectivity index (χ4n) is 3.08. The quantitative estimate of drug-likeness (QED) is 0.600. The van der Waals surface area contributed by atoms with Crippen LogP contribution in [-0.4, -0.2) is 56.3 Å². The average molecular weight is 433 g/mol. The summed E-state index contributed by atoms with van der Waals surface area (Å²) in [5.74, 6) is -2.11. The lowest BCUT2D eigenvalue weighted by Crippen LogP contribution is -2.71. The van der Waals surface area contributed by atoms with E-state index in [1.807, 2.05) is 30.3 Å². The van der Waals surface area contributed by atoms with Crippen molar-refractivity contribution >= 4 is 35.6 Å². The molecular formula is C20H23N3O6S. The Hall–Kier alpha value is -3.01. The molecule has 10 heteroatoms. The Bertz CT molecular complexity index is 896. The molecule has 1 aromatic carbocycles. The Labute approximate surface area is 177 Å². The van der Waals surface area contributed by atoms with Gasteiger partial charge in [0.15, 0.2) is 0 Å². The van der Waals surface area contributed by atoms with Crippen molar-refractivity contribution in [3.05, 3.63) is 47.7 Å². The van der Waals surface area contributed by atoms with Crippen molar-refractivity contribution < 1.29 is 29.0 Å². The molecule has 0 aliphatic carbocycles. The summed E-state index contributed by atoms with van der Waals surface area (Å²) in [5.41, 5.74) is -0.143. The van der Waals surface area contributed by atoms with E-state index in [9.17, 15) is 24.3 Å². The first-order chi connectivity index (χ1) is 14.0. The van der Waals surface area contributed by atoms with Crippen molar-refractivity contribution in [3.8, 4) is 0 Å². The number of rotatable bonds is 5. The van der Waals surface area contributed by atoms with Crippen molar-refractivity contribution in [1.82, 2.24) is 15.5 Å². The van der Waals surface area contributed by atoms with Crippen LogP contribution in [-0.2, 0) is 25.5 Å². The molecular weight excluding hydrogens is 410 g/mol. The molecule has 0 aromatic heterocycles. The lowest BCUT2D eigenvalue weighted by atomic mass is 10.1. The van der Waals surface area contributed by atoms with E-state index in [2.05, 4.69) is 10.6 Å². The van der Waals surface area contributed by atoms with Gasteiger partial charge in [0.1, 0.15) is 22.7 Å². The molecule has 0 saturated carbocycles. The van der Waals surface area contributed by atoms with Crippen molar-refractivity contribution in [2.24, 2.45) is 0 Å². The molecule has 3 N–H and O–H groups in total. The normalized spacial score (nSPS) is 22.9. The maximum Gasteiger partial charge on any atom is 0.408 e. The van der Waals surface area contributed by atoms with Gasteiger partial charge in [0.25, 0.3) is 5.91 Å². The fourth-order valence-corrected chi connectivity index (χ4v) is 4.47. The Kier molecular flexibility index (Phi) is 6.06. The topological polar surface area (TPSA) is 125 Å². The van der Waals surface area contributed by atoms with Crippen molar-refractivity contribution in [3.63, 3.8) is 0 Å². The highest BCUT2D eigenvalue weighted by molar-refractivity contribution is 8.00. The van der Waals surface area contributed by atoms with Gasteiger partial charge in [-0.3, -0.25) is 14.5 Å². The summed E-state index contributed by atoms with van der Waals surface area (Å²) >= 11 is 1.18. The van der Waals surface area contributed by atoms with Gasteiger partial charge in [-0.15, -0.1) is 11.8 Å². The van der Waals surface area contributed by atoms with E-state index in [0.717, 1.165) is 10.5 Å². The predicted octanol–water partition coefficient (Wildman–Crippen LogP) is 1.45. The number of fused-ring (bicyclic) bond motifs is 1. The first-order valence-corrected chi connectivity index (χ1v) is 10.3. The van der Waals surface area contributed by atoms with Crippen molar-refractivity contribution in [1.29, 1.82) is 0 Å². The number of amides is 3. The molecule has 0 radical (unpaired) electrons. The maximum absolute atomic E-state index is 12.4. The molecule has 3 rings (SSSR count). The van der Waals surface area contributed by atoms with Crippen LogP contribution in [0.5, 0.6) is 0 Å². The zero-order chi connectivity index (χ0) is 22.1. The predicted molar refractivity (Wildman–Crippen MR) is 109 cm³/mol. The van der Waals surface area contributed by atoms with E-state index in [1.54, 1.807) is 20.8 Å².